The van der Waals surface area contributed by atoms with Crippen LogP contribution in [0.2, 0.25) is 0 Å². The van der Waals surface area contributed by atoms with E-state index < -0.39 is 18.3 Å². The fourth-order valence-electron chi connectivity index (χ4n) is 1.55. The SMILES string of the molecule is COc1cccc([C@H](N)[C@H](O)C(F)(F)F)c1OC.Cl. The van der Waals surface area contributed by atoms with Gasteiger partial charge in [0.2, 0.25) is 0 Å². The maximum Gasteiger partial charge on any atom is 0.416 e. The van der Waals surface area contributed by atoms with Gasteiger partial charge in [-0.05, 0) is 6.07 Å². The van der Waals surface area contributed by atoms with Crippen LogP contribution >= 0.6 is 12.4 Å². The standard InChI is InChI=1S/C11H14F3NO3.ClH/c1-17-7-5-3-4-6(9(7)18-2)8(15)10(16)11(12,13)14;/h3-5,8,10,16H,15H2,1-2H3;1H/t8-,10-;/m0./s1. The van der Waals surface area contributed by atoms with E-state index >= 15 is 0 Å². The van der Waals surface area contributed by atoms with Gasteiger partial charge in [-0.1, -0.05) is 12.1 Å². The van der Waals surface area contributed by atoms with Gasteiger partial charge in [-0.25, -0.2) is 0 Å². The van der Waals surface area contributed by atoms with Crippen molar-refractivity contribution in [3.8, 4) is 11.5 Å². The molecular formula is C11H15ClF3NO3. The molecule has 8 heteroatoms. The molecule has 0 aliphatic rings. The molecule has 1 aromatic rings. The maximum atomic E-state index is 12.4. The molecule has 110 valence electrons. The molecule has 0 saturated heterocycles. The second-order valence-electron chi connectivity index (χ2n) is 3.59. The first-order chi connectivity index (χ1) is 8.32. The van der Waals surface area contributed by atoms with Gasteiger partial charge < -0.3 is 20.3 Å². The predicted molar refractivity (Wildman–Crippen MR) is 65.8 cm³/mol. The van der Waals surface area contributed by atoms with Gasteiger partial charge in [0.05, 0.1) is 20.3 Å². The number of rotatable bonds is 4. The van der Waals surface area contributed by atoms with Crippen molar-refractivity contribution >= 4 is 12.4 Å². The van der Waals surface area contributed by atoms with Crippen LogP contribution < -0.4 is 15.2 Å². The summed E-state index contributed by atoms with van der Waals surface area (Å²) in [5, 5.41) is 9.14. The molecule has 1 aromatic carbocycles. The summed E-state index contributed by atoms with van der Waals surface area (Å²) in [7, 11) is 2.64. The molecule has 0 heterocycles. The molecule has 0 amide bonds. The van der Waals surface area contributed by atoms with E-state index in [4.69, 9.17) is 20.3 Å². The summed E-state index contributed by atoms with van der Waals surface area (Å²) < 4.78 is 47.1. The van der Waals surface area contributed by atoms with Crippen molar-refractivity contribution in [3.63, 3.8) is 0 Å². The number of hydrogen-bond donors (Lipinski definition) is 2. The predicted octanol–water partition coefficient (Wildman–Crippen LogP) is 2.05. The first kappa shape index (κ1) is 17.8. The maximum absolute atomic E-state index is 12.4. The van der Waals surface area contributed by atoms with Gasteiger partial charge in [-0.3, -0.25) is 0 Å². The molecule has 19 heavy (non-hydrogen) atoms. The topological polar surface area (TPSA) is 64.7 Å². The summed E-state index contributed by atoms with van der Waals surface area (Å²) >= 11 is 0. The Bertz CT molecular complexity index is 415. The van der Waals surface area contributed by atoms with Crippen LogP contribution in [0, 0.1) is 0 Å². The number of aliphatic hydroxyl groups is 1. The van der Waals surface area contributed by atoms with E-state index in [-0.39, 0.29) is 29.5 Å². The van der Waals surface area contributed by atoms with Crippen molar-refractivity contribution in [2.75, 3.05) is 14.2 Å². The number of halogens is 4. The van der Waals surface area contributed by atoms with Gasteiger partial charge >= 0.3 is 6.18 Å². The number of benzene rings is 1. The smallest absolute Gasteiger partial charge is 0.416 e. The van der Waals surface area contributed by atoms with E-state index in [0.29, 0.717) is 0 Å². The van der Waals surface area contributed by atoms with Crippen molar-refractivity contribution in [1.29, 1.82) is 0 Å². The quantitative estimate of drug-likeness (QED) is 0.893. The number of alkyl halides is 3. The van der Waals surface area contributed by atoms with Gasteiger partial charge in [0.1, 0.15) is 0 Å². The molecule has 0 spiro atoms. The van der Waals surface area contributed by atoms with E-state index in [1.807, 2.05) is 0 Å². The highest BCUT2D eigenvalue weighted by Gasteiger charge is 2.43. The molecular weight excluding hydrogens is 287 g/mol. The van der Waals surface area contributed by atoms with Crippen LogP contribution in [0.15, 0.2) is 18.2 Å². The van der Waals surface area contributed by atoms with Crippen molar-refractivity contribution in [2.24, 2.45) is 5.73 Å². The summed E-state index contributed by atoms with van der Waals surface area (Å²) in [6.45, 7) is 0. The third-order valence-electron chi connectivity index (χ3n) is 2.47. The van der Waals surface area contributed by atoms with Crippen LogP contribution in [0.1, 0.15) is 11.6 Å². The average molecular weight is 302 g/mol. The molecule has 0 fully saturated rings. The van der Waals surface area contributed by atoms with Crippen molar-refractivity contribution in [3.05, 3.63) is 23.8 Å². The Hall–Kier alpha value is -1.18. The molecule has 0 unspecified atom stereocenters. The zero-order chi connectivity index (χ0) is 13.9. The molecule has 2 atom stereocenters. The van der Waals surface area contributed by atoms with Gasteiger partial charge in [-0.15, -0.1) is 12.4 Å². The molecule has 0 aliphatic heterocycles. The van der Waals surface area contributed by atoms with E-state index in [1.165, 1.54) is 32.4 Å². The lowest BCUT2D eigenvalue weighted by molar-refractivity contribution is -0.210. The minimum absolute atomic E-state index is 0. The van der Waals surface area contributed by atoms with Crippen LogP contribution in [0.3, 0.4) is 0 Å². The number of ether oxygens (including phenoxy) is 2. The molecule has 0 saturated carbocycles. The van der Waals surface area contributed by atoms with E-state index in [2.05, 4.69) is 0 Å². The van der Waals surface area contributed by atoms with E-state index in [0.717, 1.165) is 0 Å². The van der Waals surface area contributed by atoms with Crippen LogP contribution in [0.25, 0.3) is 0 Å². The number of aliphatic hydroxyl groups excluding tert-OH is 1. The monoisotopic (exact) mass is 301 g/mol. The highest BCUT2D eigenvalue weighted by molar-refractivity contribution is 5.85. The molecule has 4 nitrogen and oxygen atoms in total. The van der Waals surface area contributed by atoms with Crippen molar-refractivity contribution in [1.82, 2.24) is 0 Å². The second kappa shape index (κ2) is 6.83. The van der Waals surface area contributed by atoms with E-state index in [1.54, 1.807) is 0 Å². The second-order valence-corrected chi connectivity index (χ2v) is 3.59. The highest BCUT2D eigenvalue weighted by Crippen LogP contribution is 2.37. The molecule has 0 bridgehead atoms. The van der Waals surface area contributed by atoms with Crippen LogP contribution in [0.5, 0.6) is 11.5 Å². The Kier molecular flexibility index (Phi) is 6.41. The zero-order valence-electron chi connectivity index (χ0n) is 10.3. The number of hydrogen-bond acceptors (Lipinski definition) is 4. The zero-order valence-corrected chi connectivity index (χ0v) is 11.1. The molecule has 3 N–H and O–H groups in total. The van der Waals surface area contributed by atoms with Gasteiger partial charge in [0.25, 0.3) is 0 Å². The normalized spacial score (nSPS) is 14.3. The lowest BCUT2D eigenvalue weighted by atomic mass is 10.0. The third kappa shape index (κ3) is 3.89. The van der Waals surface area contributed by atoms with Crippen molar-refractivity contribution in [2.45, 2.75) is 18.3 Å². The van der Waals surface area contributed by atoms with Gasteiger partial charge in [-0.2, -0.15) is 13.2 Å². The molecule has 1 rings (SSSR count). The highest BCUT2D eigenvalue weighted by atomic mass is 35.5. The Morgan fingerprint density at radius 3 is 2.21 bits per heavy atom. The third-order valence-corrected chi connectivity index (χ3v) is 2.47. The summed E-state index contributed by atoms with van der Waals surface area (Å²) in [6.07, 6.45) is -7.47. The lowest BCUT2D eigenvalue weighted by Crippen LogP contribution is -2.39. The Labute approximate surface area is 114 Å². The van der Waals surface area contributed by atoms with E-state index in [9.17, 15) is 13.2 Å². The Balaban J connectivity index is 0.00000324. The summed E-state index contributed by atoms with van der Waals surface area (Å²) in [5.74, 6) is 0.329. The lowest BCUT2D eigenvalue weighted by Gasteiger charge is -2.23. The van der Waals surface area contributed by atoms with Crippen LogP contribution in [-0.2, 0) is 0 Å². The number of methoxy groups -OCH3 is 2. The first-order valence-corrected chi connectivity index (χ1v) is 5.04. The minimum atomic E-state index is -4.80. The molecule has 0 aromatic heterocycles. The Morgan fingerprint density at radius 1 is 1.21 bits per heavy atom. The fraction of sp³-hybridized carbons (Fsp3) is 0.455. The summed E-state index contributed by atoms with van der Waals surface area (Å²) in [5.41, 5.74) is 5.45. The fourth-order valence-corrected chi connectivity index (χ4v) is 1.55. The summed E-state index contributed by atoms with van der Waals surface area (Å²) in [6, 6.07) is 2.70. The van der Waals surface area contributed by atoms with Gasteiger partial charge in [0.15, 0.2) is 17.6 Å². The number of nitrogens with two attached hydrogens (primary N) is 1. The van der Waals surface area contributed by atoms with Crippen molar-refractivity contribution < 1.29 is 27.8 Å². The largest absolute Gasteiger partial charge is 0.493 e. The van der Waals surface area contributed by atoms with Crippen LogP contribution in [0.4, 0.5) is 13.2 Å². The minimum Gasteiger partial charge on any atom is -0.493 e. The molecule has 0 aliphatic carbocycles. The van der Waals surface area contributed by atoms with Gasteiger partial charge in [0, 0.05) is 5.56 Å². The summed E-state index contributed by atoms with van der Waals surface area (Å²) in [4.78, 5) is 0. The Morgan fingerprint density at radius 2 is 1.79 bits per heavy atom. The first-order valence-electron chi connectivity index (χ1n) is 5.04. The van der Waals surface area contributed by atoms with Crippen LogP contribution in [-0.4, -0.2) is 31.6 Å². The molecule has 0 radical (unpaired) electrons. The number of para-hydroxylation sites is 1. The average Bonchev–Trinajstić information content (AvgIpc) is 2.34.